The maximum absolute atomic E-state index is 13.9. The fraction of sp³-hybridized carbons (Fsp3) is 0.154. The van der Waals surface area contributed by atoms with Gasteiger partial charge >= 0.3 is 0 Å². The van der Waals surface area contributed by atoms with Crippen molar-refractivity contribution >= 4 is 27.5 Å². The van der Waals surface area contributed by atoms with E-state index in [0.29, 0.717) is 0 Å². The number of alkyl halides is 2. The zero-order chi connectivity index (χ0) is 14.9. The maximum atomic E-state index is 13.9. The van der Waals surface area contributed by atoms with E-state index >= 15 is 0 Å². The van der Waals surface area contributed by atoms with Gasteiger partial charge in [-0.25, -0.2) is 13.2 Å². The van der Waals surface area contributed by atoms with E-state index in [0.717, 1.165) is 10.6 Å². The first-order valence-electron chi connectivity index (χ1n) is 5.53. The average Bonchev–Trinajstić information content (AvgIpc) is 2.37. The molecule has 0 aliphatic carbocycles. The van der Waals surface area contributed by atoms with Gasteiger partial charge in [0.25, 0.3) is 12.0 Å². The van der Waals surface area contributed by atoms with Gasteiger partial charge in [-0.3, -0.25) is 4.79 Å². The van der Waals surface area contributed by atoms with Crippen molar-refractivity contribution in [2.75, 3.05) is 0 Å². The Labute approximate surface area is 125 Å². The van der Waals surface area contributed by atoms with Crippen molar-refractivity contribution in [1.82, 2.24) is 4.57 Å². The van der Waals surface area contributed by atoms with Crippen molar-refractivity contribution in [2.24, 2.45) is 0 Å². The summed E-state index contributed by atoms with van der Waals surface area (Å²) in [6.07, 6.45) is -2.74. The Bertz CT molecular complexity index is 682. The third kappa shape index (κ3) is 2.91. The number of aromatic nitrogens is 1. The van der Waals surface area contributed by atoms with Crippen LogP contribution < -0.4 is 5.56 Å². The van der Waals surface area contributed by atoms with Gasteiger partial charge in [-0.1, -0.05) is 17.7 Å². The van der Waals surface area contributed by atoms with Gasteiger partial charge in [0, 0.05) is 0 Å². The van der Waals surface area contributed by atoms with Crippen molar-refractivity contribution in [2.45, 2.75) is 13.0 Å². The van der Waals surface area contributed by atoms with Gasteiger partial charge in [0.2, 0.25) is 0 Å². The summed E-state index contributed by atoms with van der Waals surface area (Å²) in [5.74, 6) is -0.678. The zero-order valence-electron chi connectivity index (χ0n) is 9.92. The van der Waals surface area contributed by atoms with E-state index < -0.39 is 24.3 Å². The lowest BCUT2D eigenvalue weighted by Gasteiger charge is -2.14. The molecular formula is C13H8BrClF3NO. The number of halogens is 5. The van der Waals surface area contributed by atoms with Crippen molar-refractivity contribution in [1.29, 1.82) is 0 Å². The van der Waals surface area contributed by atoms with Gasteiger partial charge in [-0.05, 0) is 40.2 Å². The smallest absolute Gasteiger partial charge is 0.265 e. The molecule has 1 heterocycles. The summed E-state index contributed by atoms with van der Waals surface area (Å²) in [7, 11) is 0. The van der Waals surface area contributed by atoms with E-state index in [2.05, 4.69) is 15.9 Å². The number of nitrogens with zero attached hydrogens (tertiary/aromatic N) is 1. The first kappa shape index (κ1) is 15.1. The van der Waals surface area contributed by atoms with Crippen molar-refractivity contribution in [3.63, 3.8) is 0 Å². The van der Waals surface area contributed by atoms with Gasteiger partial charge in [0.15, 0.2) is 0 Å². The molecule has 0 atom stereocenters. The van der Waals surface area contributed by atoms with Crippen LogP contribution in [0.5, 0.6) is 0 Å². The molecule has 0 unspecified atom stereocenters. The third-order valence-corrected chi connectivity index (χ3v) is 3.59. The topological polar surface area (TPSA) is 22.0 Å². The Kier molecular flexibility index (Phi) is 4.55. The normalized spacial score (nSPS) is 11.1. The van der Waals surface area contributed by atoms with E-state index in [-0.39, 0.29) is 20.8 Å². The zero-order valence-corrected chi connectivity index (χ0v) is 12.3. The summed E-state index contributed by atoms with van der Waals surface area (Å²) in [6, 6.07) is 6.73. The summed E-state index contributed by atoms with van der Waals surface area (Å²) >= 11 is 8.88. The van der Waals surface area contributed by atoms with Gasteiger partial charge in [-0.15, -0.1) is 0 Å². The standard InChI is InChI=1S/C13H8BrClF3NO/c14-7-4-5-10(19(13(7)20)6-11(17)18)12-8(15)2-1-3-9(12)16/h1-5,11H,6H2. The van der Waals surface area contributed by atoms with Crippen LogP contribution >= 0.6 is 27.5 Å². The molecule has 2 rings (SSSR count). The summed E-state index contributed by atoms with van der Waals surface area (Å²) in [5, 5.41) is 0.0507. The van der Waals surface area contributed by atoms with Crippen LogP contribution in [-0.2, 0) is 6.54 Å². The molecule has 0 radical (unpaired) electrons. The second-order valence-corrected chi connectivity index (χ2v) is 5.23. The third-order valence-electron chi connectivity index (χ3n) is 2.67. The fourth-order valence-electron chi connectivity index (χ4n) is 1.83. The van der Waals surface area contributed by atoms with Crippen molar-refractivity contribution in [3.05, 3.63) is 56.0 Å². The number of pyridine rings is 1. The Balaban J connectivity index is 2.74. The fourth-order valence-corrected chi connectivity index (χ4v) is 2.44. The number of hydrogen-bond acceptors (Lipinski definition) is 1. The lowest BCUT2D eigenvalue weighted by Crippen LogP contribution is -2.25. The molecule has 0 saturated carbocycles. The van der Waals surface area contributed by atoms with Crippen LogP contribution in [0, 0.1) is 5.82 Å². The molecule has 0 fully saturated rings. The molecule has 0 amide bonds. The van der Waals surface area contributed by atoms with Crippen LogP contribution in [0.3, 0.4) is 0 Å². The molecule has 0 saturated heterocycles. The SMILES string of the molecule is O=c1c(Br)ccc(-c2c(F)cccc2Cl)n1CC(F)F. The van der Waals surface area contributed by atoms with E-state index in [9.17, 15) is 18.0 Å². The lowest BCUT2D eigenvalue weighted by atomic mass is 10.1. The summed E-state index contributed by atoms with van der Waals surface area (Å²) in [4.78, 5) is 11.9. The van der Waals surface area contributed by atoms with E-state index in [4.69, 9.17) is 11.6 Å². The molecule has 2 nitrogen and oxygen atoms in total. The first-order chi connectivity index (χ1) is 9.41. The van der Waals surface area contributed by atoms with Crippen LogP contribution in [0.15, 0.2) is 39.6 Å². The van der Waals surface area contributed by atoms with Crippen LogP contribution in [0.2, 0.25) is 5.02 Å². The summed E-state index contributed by atoms with van der Waals surface area (Å²) < 4.78 is 40.1. The van der Waals surface area contributed by atoms with Gasteiger partial charge in [0.1, 0.15) is 5.82 Å². The molecule has 1 aromatic carbocycles. The molecule has 20 heavy (non-hydrogen) atoms. The second kappa shape index (κ2) is 6.01. The minimum atomic E-state index is -2.74. The predicted molar refractivity (Wildman–Crippen MR) is 74.8 cm³/mol. The van der Waals surface area contributed by atoms with Gasteiger partial charge in [0.05, 0.1) is 27.3 Å². The molecular weight excluding hydrogens is 358 g/mol. The quantitative estimate of drug-likeness (QED) is 0.792. The number of benzene rings is 1. The molecule has 0 spiro atoms. The first-order valence-corrected chi connectivity index (χ1v) is 6.70. The highest BCUT2D eigenvalue weighted by molar-refractivity contribution is 9.10. The monoisotopic (exact) mass is 365 g/mol. The molecule has 0 N–H and O–H groups in total. The number of rotatable bonds is 3. The molecule has 2 aromatic rings. The van der Waals surface area contributed by atoms with Crippen LogP contribution in [0.25, 0.3) is 11.3 Å². The maximum Gasteiger partial charge on any atom is 0.265 e. The minimum absolute atomic E-state index is 0.0154. The molecule has 0 aliphatic heterocycles. The summed E-state index contributed by atoms with van der Waals surface area (Å²) in [5.41, 5.74) is -0.719. The lowest BCUT2D eigenvalue weighted by molar-refractivity contribution is 0.125. The molecule has 7 heteroatoms. The Morgan fingerprint density at radius 2 is 1.95 bits per heavy atom. The second-order valence-electron chi connectivity index (χ2n) is 3.97. The van der Waals surface area contributed by atoms with E-state index in [1.165, 1.54) is 24.3 Å². The van der Waals surface area contributed by atoms with Crippen molar-refractivity contribution in [3.8, 4) is 11.3 Å². The van der Waals surface area contributed by atoms with E-state index in [1.807, 2.05) is 0 Å². The molecule has 106 valence electrons. The van der Waals surface area contributed by atoms with Gasteiger partial charge in [-0.2, -0.15) is 0 Å². The van der Waals surface area contributed by atoms with Crippen molar-refractivity contribution < 1.29 is 13.2 Å². The number of hydrogen-bond donors (Lipinski definition) is 0. The minimum Gasteiger partial charge on any atom is -0.301 e. The van der Waals surface area contributed by atoms with E-state index in [1.54, 1.807) is 0 Å². The Morgan fingerprint density at radius 1 is 1.25 bits per heavy atom. The highest BCUT2D eigenvalue weighted by atomic mass is 79.9. The Hall–Kier alpha value is -1.27. The molecule has 0 bridgehead atoms. The van der Waals surface area contributed by atoms with Gasteiger partial charge < -0.3 is 4.57 Å². The van der Waals surface area contributed by atoms with Crippen LogP contribution in [0.4, 0.5) is 13.2 Å². The van der Waals surface area contributed by atoms with Crippen LogP contribution in [-0.4, -0.2) is 11.0 Å². The molecule has 1 aromatic heterocycles. The Morgan fingerprint density at radius 3 is 2.55 bits per heavy atom. The largest absolute Gasteiger partial charge is 0.301 e. The molecule has 0 aliphatic rings. The highest BCUT2D eigenvalue weighted by Crippen LogP contribution is 2.30. The van der Waals surface area contributed by atoms with Crippen LogP contribution in [0.1, 0.15) is 0 Å². The average molecular weight is 367 g/mol. The predicted octanol–water partition coefficient (Wildman–Crippen LogP) is 4.34. The highest BCUT2D eigenvalue weighted by Gasteiger charge is 2.18. The summed E-state index contributed by atoms with van der Waals surface area (Å²) in [6.45, 7) is -0.835.